The first-order chi connectivity index (χ1) is 15.6. The Kier molecular flexibility index (Phi) is 6.21. The van der Waals surface area contributed by atoms with E-state index in [-0.39, 0.29) is 12.2 Å². The fraction of sp³-hybridized carbons (Fsp3) is 0.208. The molecule has 32 heavy (non-hydrogen) atoms. The number of pyridine rings is 3. The number of nitrogens with one attached hydrogen (secondary N) is 1. The summed E-state index contributed by atoms with van der Waals surface area (Å²) in [5.41, 5.74) is 3.06. The van der Waals surface area contributed by atoms with Gasteiger partial charge in [-0.05, 0) is 47.9 Å². The summed E-state index contributed by atoms with van der Waals surface area (Å²) in [5.74, 6) is 2.24. The second kappa shape index (κ2) is 9.38. The quantitative estimate of drug-likeness (QED) is 0.454. The first-order valence-corrected chi connectivity index (χ1v) is 9.94. The van der Waals surface area contributed by atoms with Crippen molar-refractivity contribution in [2.24, 2.45) is 0 Å². The molecule has 1 N–H and O–H groups in total. The highest BCUT2D eigenvalue weighted by atomic mass is 16.5. The normalized spacial score (nSPS) is 10.7. The Balaban J connectivity index is 1.55. The van der Waals surface area contributed by atoms with Crippen molar-refractivity contribution >= 4 is 10.9 Å². The van der Waals surface area contributed by atoms with Gasteiger partial charge in [-0.1, -0.05) is 0 Å². The summed E-state index contributed by atoms with van der Waals surface area (Å²) in [5, 5.41) is 0.940. The molecule has 0 atom stereocenters. The highest BCUT2D eigenvalue weighted by Gasteiger charge is 2.11. The zero-order valence-electron chi connectivity index (χ0n) is 18.0. The van der Waals surface area contributed by atoms with E-state index in [4.69, 9.17) is 18.9 Å². The van der Waals surface area contributed by atoms with E-state index in [2.05, 4.69) is 15.0 Å². The molecule has 3 heterocycles. The average Bonchev–Trinajstić information content (AvgIpc) is 2.82. The molecule has 0 radical (unpaired) electrons. The smallest absolute Gasteiger partial charge is 0.257 e. The molecule has 0 aliphatic heterocycles. The summed E-state index contributed by atoms with van der Waals surface area (Å²) in [6.07, 6.45) is 3.86. The molecule has 3 aromatic heterocycles. The van der Waals surface area contributed by atoms with E-state index in [0.717, 1.165) is 27.7 Å². The first kappa shape index (κ1) is 21.2. The highest BCUT2D eigenvalue weighted by Crippen LogP contribution is 2.28. The molecular weight excluding hydrogens is 410 g/mol. The molecule has 0 aliphatic carbocycles. The molecule has 4 aromatic rings. The van der Waals surface area contributed by atoms with Crippen molar-refractivity contribution in [2.45, 2.75) is 13.0 Å². The highest BCUT2D eigenvalue weighted by molar-refractivity contribution is 5.83. The molecule has 8 nitrogen and oxygen atoms in total. The monoisotopic (exact) mass is 433 g/mol. The molecular formula is C24H23N3O5. The second-order valence-electron chi connectivity index (χ2n) is 7.08. The molecule has 4 rings (SSSR count). The lowest BCUT2D eigenvalue weighted by atomic mass is 10.0. The summed E-state index contributed by atoms with van der Waals surface area (Å²) < 4.78 is 21.6. The lowest BCUT2D eigenvalue weighted by Crippen LogP contribution is -2.07. The van der Waals surface area contributed by atoms with E-state index < -0.39 is 0 Å². The maximum Gasteiger partial charge on any atom is 0.257 e. The number of aromatic nitrogens is 3. The standard InChI is InChI=1S/C24H23N3O5/c1-29-18-6-7-20-16(10-23(28)27-21(20)11-18)8-15-9-22(31-3)24(26-12-15)32-14-17-4-5-19(30-2)13-25-17/h4-7,9-13H,8,14H2,1-3H3,(H,27,28). The number of ether oxygens (including phenoxy) is 4. The van der Waals surface area contributed by atoms with Crippen molar-refractivity contribution in [1.82, 2.24) is 15.0 Å². The average molecular weight is 433 g/mol. The third-order valence-corrected chi connectivity index (χ3v) is 5.02. The predicted molar refractivity (Wildman–Crippen MR) is 120 cm³/mol. The van der Waals surface area contributed by atoms with Crippen LogP contribution in [-0.2, 0) is 13.0 Å². The first-order valence-electron chi connectivity index (χ1n) is 9.94. The minimum atomic E-state index is -0.173. The Morgan fingerprint density at radius 3 is 2.41 bits per heavy atom. The van der Waals surface area contributed by atoms with Gasteiger partial charge >= 0.3 is 0 Å². The molecule has 0 amide bonds. The van der Waals surface area contributed by atoms with Crippen LogP contribution in [0.1, 0.15) is 16.8 Å². The van der Waals surface area contributed by atoms with Crippen LogP contribution in [0.15, 0.2) is 59.7 Å². The fourth-order valence-electron chi connectivity index (χ4n) is 3.39. The number of H-pyrrole nitrogens is 1. The van der Waals surface area contributed by atoms with Gasteiger partial charge in [-0.15, -0.1) is 0 Å². The Bertz CT molecular complexity index is 1290. The SMILES string of the molecule is COc1ccc(COc2ncc(Cc3cc(=O)[nH]c4cc(OC)ccc34)cc2OC)nc1. The van der Waals surface area contributed by atoms with Crippen LogP contribution >= 0.6 is 0 Å². The minimum absolute atomic E-state index is 0.173. The molecule has 1 aromatic carbocycles. The van der Waals surface area contributed by atoms with Crippen molar-refractivity contribution in [3.63, 3.8) is 0 Å². The van der Waals surface area contributed by atoms with Gasteiger partial charge in [0, 0.05) is 23.7 Å². The van der Waals surface area contributed by atoms with E-state index in [1.807, 2.05) is 36.4 Å². The maximum atomic E-state index is 12.2. The molecule has 0 bridgehead atoms. The Morgan fingerprint density at radius 1 is 0.875 bits per heavy atom. The lowest BCUT2D eigenvalue weighted by Gasteiger charge is -2.12. The van der Waals surface area contributed by atoms with Gasteiger partial charge in [0.05, 0.1) is 38.7 Å². The van der Waals surface area contributed by atoms with Crippen LogP contribution in [-0.4, -0.2) is 36.3 Å². The lowest BCUT2D eigenvalue weighted by molar-refractivity contribution is 0.268. The summed E-state index contributed by atoms with van der Waals surface area (Å²) in [6.45, 7) is 0.243. The van der Waals surface area contributed by atoms with Gasteiger partial charge in [0.1, 0.15) is 18.1 Å². The molecule has 164 valence electrons. The van der Waals surface area contributed by atoms with Crippen LogP contribution in [0.3, 0.4) is 0 Å². The van der Waals surface area contributed by atoms with Gasteiger partial charge < -0.3 is 23.9 Å². The minimum Gasteiger partial charge on any atom is -0.497 e. The van der Waals surface area contributed by atoms with Crippen molar-refractivity contribution in [3.8, 4) is 23.1 Å². The second-order valence-corrected chi connectivity index (χ2v) is 7.08. The topological polar surface area (TPSA) is 95.6 Å². The molecule has 0 spiro atoms. The van der Waals surface area contributed by atoms with Gasteiger partial charge in [-0.2, -0.15) is 0 Å². The summed E-state index contributed by atoms with van der Waals surface area (Å²) in [4.78, 5) is 23.7. The third-order valence-electron chi connectivity index (χ3n) is 5.02. The van der Waals surface area contributed by atoms with Gasteiger partial charge in [0.2, 0.25) is 5.56 Å². The third kappa shape index (κ3) is 4.64. The van der Waals surface area contributed by atoms with Gasteiger partial charge in [0.25, 0.3) is 5.88 Å². The van der Waals surface area contributed by atoms with Crippen molar-refractivity contribution < 1.29 is 18.9 Å². The van der Waals surface area contributed by atoms with Gasteiger partial charge in [0.15, 0.2) is 5.75 Å². The molecule has 8 heteroatoms. The molecule has 0 fully saturated rings. The maximum absolute atomic E-state index is 12.2. The number of rotatable bonds is 8. The number of nitrogens with zero attached hydrogens (tertiary/aromatic N) is 2. The summed E-state index contributed by atoms with van der Waals surface area (Å²) in [7, 11) is 4.75. The van der Waals surface area contributed by atoms with Crippen molar-refractivity contribution in [2.75, 3.05) is 21.3 Å². The largest absolute Gasteiger partial charge is 0.497 e. The van der Waals surface area contributed by atoms with Crippen LogP contribution in [0, 0.1) is 0 Å². The van der Waals surface area contributed by atoms with Gasteiger partial charge in [-0.3, -0.25) is 9.78 Å². The van der Waals surface area contributed by atoms with E-state index in [1.165, 1.54) is 0 Å². The summed E-state index contributed by atoms with van der Waals surface area (Å²) >= 11 is 0. The summed E-state index contributed by atoms with van der Waals surface area (Å²) in [6, 6.07) is 12.7. The molecule has 0 unspecified atom stereocenters. The number of fused-ring (bicyclic) bond motifs is 1. The van der Waals surface area contributed by atoms with Crippen LogP contribution in [0.25, 0.3) is 10.9 Å². The Labute approximate surface area is 184 Å². The van der Waals surface area contributed by atoms with Crippen molar-refractivity contribution in [3.05, 3.63) is 82.0 Å². The van der Waals surface area contributed by atoms with Crippen LogP contribution in [0.4, 0.5) is 0 Å². The Morgan fingerprint density at radius 2 is 1.69 bits per heavy atom. The fourth-order valence-corrected chi connectivity index (χ4v) is 3.39. The number of aromatic amines is 1. The zero-order valence-corrected chi connectivity index (χ0v) is 18.0. The number of benzene rings is 1. The molecule has 0 saturated heterocycles. The van der Waals surface area contributed by atoms with E-state index in [1.54, 1.807) is 39.8 Å². The van der Waals surface area contributed by atoms with E-state index in [0.29, 0.717) is 29.5 Å². The van der Waals surface area contributed by atoms with E-state index >= 15 is 0 Å². The predicted octanol–water partition coefficient (Wildman–Crippen LogP) is 3.51. The Hall–Kier alpha value is -4.07. The number of methoxy groups -OCH3 is 3. The van der Waals surface area contributed by atoms with Crippen molar-refractivity contribution in [1.29, 1.82) is 0 Å². The zero-order chi connectivity index (χ0) is 22.5. The number of hydrogen-bond acceptors (Lipinski definition) is 7. The van der Waals surface area contributed by atoms with E-state index in [9.17, 15) is 4.79 Å². The molecule has 0 saturated carbocycles. The van der Waals surface area contributed by atoms with Crippen LogP contribution in [0.5, 0.6) is 23.1 Å². The van der Waals surface area contributed by atoms with Gasteiger partial charge in [-0.25, -0.2) is 4.98 Å². The number of hydrogen-bond donors (Lipinski definition) is 1. The molecule has 0 aliphatic rings. The van der Waals surface area contributed by atoms with Crippen LogP contribution in [0.2, 0.25) is 0 Å². The van der Waals surface area contributed by atoms with Crippen LogP contribution < -0.4 is 24.5 Å².